The van der Waals surface area contributed by atoms with Crippen molar-refractivity contribution in [3.8, 4) is 0 Å². The normalized spacial score (nSPS) is 19.4. The Bertz CT molecular complexity index is 902. The Morgan fingerprint density at radius 1 is 0.828 bits per heavy atom. The van der Waals surface area contributed by atoms with E-state index >= 15 is 0 Å². The van der Waals surface area contributed by atoms with Gasteiger partial charge in [-0.1, -0.05) is 19.9 Å². The van der Waals surface area contributed by atoms with Crippen LogP contribution in [0, 0.1) is 0 Å². The van der Waals surface area contributed by atoms with Gasteiger partial charge < -0.3 is 0 Å². The van der Waals surface area contributed by atoms with E-state index in [1.165, 1.54) is 18.5 Å². The van der Waals surface area contributed by atoms with Gasteiger partial charge in [-0.15, -0.1) is 0 Å². The van der Waals surface area contributed by atoms with E-state index in [1.54, 1.807) is 6.07 Å². The van der Waals surface area contributed by atoms with Gasteiger partial charge in [0.05, 0.1) is 4.90 Å². The second kappa shape index (κ2) is 9.43. The third kappa shape index (κ3) is 4.85. The molecule has 1 fully saturated rings. The van der Waals surface area contributed by atoms with E-state index in [4.69, 9.17) is 0 Å². The quantitative estimate of drug-likeness (QED) is 0.617. The summed E-state index contributed by atoms with van der Waals surface area (Å²) < 4.78 is 56.5. The molecule has 1 aromatic rings. The van der Waals surface area contributed by atoms with E-state index in [-0.39, 0.29) is 26.2 Å². The summed E-state index contributed by atoms with van der Waals surface area (Å²) in [5.41, 5.74) is 2.38. The summed E-state index contributed by atoms with van der Waals surface area (Å²) in [6.07, 6.45) is 5.70. The lowest BCUT2D eigenvalue weighted by atomic mass is 9.92. The van der Waals surface area contributed by atoms with Gasteiger partial charge in [-0.3, -0.25) is 0 Å². The third-order valence-corrected chi connectivity index (χ3v) is 9.68. The molecule has 3 rings (SSSR count). The van der Waals surface area contributed by atoms with Crippen molar-refractivity contribution >= 4 is 20.2 Å². The Kier molecular flexibility index (Phi) is 7.37. The number of rotatable bonds is 8. The molecule has 1 aromatic carbocycles. The van der Waals surface area contributed by atoms with Crippen molar-refractivity contribution in [2.45, 2.75) is 57.3 Å². The summed E-state index contributed by atoms with van der Waals surface area (Å²) in [6, 6.07) is 5.46. The van der Waals surface area contributed by atoms with Crippen molar-refractivity contribution in [3.63, 3.8) is 0 Å². The molecule has 1 aliphatic carbocycles. The standard InChI is InChI=1S/C20H33N3O4S2/c1-3-11-22(12-4-2)29(26,27)23-15-13-21(14-16-23)28(24,25)20-10-9-18-7-5-6-8-19(18)17-20/h9-10,17H,3-8,11-16H2,1-2H3. The van der Waals surface area contributed by atoms with Gasteiger partial charge >= 0.3 is 0 Å². The fourth-order valence-corrected chi connectivity index (χ4v) is 7.42. The summed E-state index contributed by atoms with van der Waals surface area (Å²) in [7, 11) is -7.16. The molecular formula is C20H33N3O4S2. The second-order valence-electron chi connectivity index (χ2n) is 7.85. The van der Waals surface area contributed by atoms with Crippen LogP contribution in [0.3, 0.4) is 0 Å². The Morgan fingerprint density at radius 3 is 1.97 bits per heavy atom. The van der Waals surface area contributed by atoms with Crippen LogP contribution in [0.25, 0.3) is 0 Å². The number of fused-ring (bicyclic) bond motifs is 1. The average molecular weight is 444 g/mol. The number of aryl methyl sites for hydroxylation is 2. The fraction of sp³-hybridized carbons (Fsp3) is 0.700. The lowest BCUT2D eigenvalue weighted by Crippen LogP contribution is -2.54. The van der Waals surface area contributed by atoms with E-state index < -0.39 is 20.2 Å². The van der Waals surface area contributed by atoms with Crippen LogP contribution in [-0.4, -0.2) is 69.0 Å². The molecule has 7 nitrogen and oxygen atoms in total. The molecule has 164 valence electrons. The summed E-state index contributed by atoms with van der Waals surface area (Å²) in [5, 5.41) is 0. The predicted octanol–water partition coefficient (Wildman–Crippen LogP) is 2.24. The average Bonchev–Trinajstić information content (AvgIpc) is 2.73. The highest BCUT2D eigenvalue weighted by atomic mass is 32.2. The molecule has 0 bridgehead atoms. The van der Waals surface area contributed by atoms with Crippen LogP contribution in [0.4, 0.5) is 0 Å². The zero-order valence-electron chi connectivity index (χ0n) is 17.5. The molecule has 0 aromatic heterocycles. The number of benzene rings is 1. The summed E-state index contributed by atoms with van der Waals surface area (Å²) in [4.78, 5) is 0.327. The molecule has 1 aliphatic heterocycles. The van der Waals surface area contributed by atoms with Gasteiger partial charge in [-0.25, -0.2) is 8.42 Å². The highest BCUT2D eigenvalue weighted by molar-refractivity contribution is 7.89. The van der Waals surface area contributed by atoms with Crippen LogP contribution < -0.4 is 0 Å². The topological polar surface area (TPSA) is 78.0 Å². The lowest BCUT2D eigenvalue weighted by Gasteiger charge is -2.36. The third-order valence-electron chi connectivity index (χ3n) is 5.75. The van der Waals surface area contributed by atoms with E-state index in [2.05, 4.69) is 0 Å². The van der Waals surface area contributed by atoms with Gasteiger partial charge in [0, 0.05) is 39.3 Å². The van der Waals surface area contributed by atoms with Crippen molar-refractivity contribution in [2.24, 2.45) is 0 Å². The predicted molar refractivity (Wildman–Crippen MR) is 114 cm³/mol. The molecular weight excluding hydrogens is 410 g/mol. The van der Waals surface area contributed by atoms with Crippen molar-refractivity contribution in [3.05, 3.63) is 29.3 Å². The van der Waals surface area contributed by atoms with Crippen LogP contribution in [0.5, 0.6) is 0 Å². The molecule has 1 heterocycles. The maximum Gasteiger partial charge on any atom is 0.282 e. The number of nitrogens with zero attached hydrogens (tertiary/aromatic N) is 3. The Labute approximate surface area is 175 Å². The van der Waals surface area contributed by atoms with Gasteiger partial charge in [0.1, 0.15) is 0 Å². The first-order valence-electron chi connectivity index (χ1n) is 10.7. The van der Waals surface area contributed by atoms with E-state index in [1.807, 2.05) is 26.0 Å². The zero-order chi connectivity index (χ0) is 21.1. The molecule has 0 unspecified atom stereocenters. The van der Waals surface area contributed by atoms with Crippen LogP contribution in [0.15, 0.2) is 23.1 Å². The van der Waals surface area contributed by atoms with E-state index in [0.717, 1.165) is 44.1 Å². The van der Waals surface area contributed by atoms with E-state index in [9.17, 15) is 16.8 Å². The lowest BCUT2D eigenvalue weighted by molar-refractivity contribution is 0.253. The molecule has 0 saturated carbocycles. The smallest absolute Gasteiger partial charge is 0.207 e. The fourth-order valence-electron chi connectivity index (χ4n) is 4.16. The first kappa shape index (κ1) is 22.7. The molecule has 1 saturated heterocycles. The van der Waals surface area contributed by atoms with E-state index in [0.29, 0.717) is 18.0 Å². The largest absolute Gasteiger partial charge is 0.282 e. The Morgan fingerprint density at radius 2 is 1.38 bits per heavy atom. The maximum absolute atomic E-state index is 13.1. The van der Waals surface area contributed by atoms with Crippen molar-refractivity contribution in [1.29, 1.82) is 0 Å². The molecule has 0 N–H and O–H groups in total. The van der Waals surface area contributed by atoms with Gasteiger partial charge in [0.25, 0.3) is 10.2 Å². The molecule has 0 atom stereocenters. The minimum absolute atomic E-state index is 0.185. The Hall–Kier alpha value is -1.00. The minimum Gasteiger partial charge on any atom is -0.207 e. The molecule has 0 amide bonds. The van der Waals surface area contributed by atoms with Gasteiger partial charge in [0.15, 0.2) is 0 Å². The van der Waals surface area contributed by atoms with Crippen LogP contribution in [0.1, 0.15) is 50.7 Å². The van der Waals surface area contributed by atoms with Crippen LogP contribution in [-0.2, 0) is 33.1 Å². The molecule has 9 heteroatoms. The highest BCUT2D eigenvalue weighted by Crippen LogP contribution is 2.26. The molecule has 2 aliphatic rings. The molecule has 29 heavy (non-hydrogen) atoms. The van der Waals surface area contributed by atoms with Gasteiger partial charge in [0.2, 0.25) is 10.0 Å². The first-order valence-corrected chi connectivity index (χ1v) is 13.5. The maximum atomic E-state index is 13.1. The summed E-state index contributed by atoms with van der Waals surface area (Å²) in [6.45, 7) is 5.65. The second-order valence-corrected chi connectivity index (χ2v) is 11.7. The summed E-state index contributed by atoms with van der Waals surface area (Å²) in [5.74, 6) is 0. The highest BCUT2D eigenvalue weighted by Gasteiger charge is 2.35. The number of hydrogen-bond donors (Lipinski definition) is 0. The number of piperazine rings is 1. The monoisotopic (exact) mass is 443 g/mol. The van der Waals surface area contributed by atoms with Gasteiger partial charge in [-0.2, -0.15) is 21.3 Å². The number of hydrogen-bond acceptors (Lipinski definition) is 4. The van der Waals surface area contributed by atoms with Crippen molar-refractivity contribution in [2.75, 3.05) is 39.3 Å². The zero-order valence-corrected chi connectivity index (χ0v) is 19.1. The Balaban J connectivity index is 1.71. The van der Waals surface area contributed by atoms with Crippen LogP contribution in [0.2, 0.25) is 0 Å². The minimum atomic E-state index is -3.61. The number of sulfonamides is 1. The SMILES string of the molecule is CCCN(CCC)S(=O)(=O)N1CCN(S(=O)(=O)c2ccc3c(c2)CCCC3)CC1. The first-order chi connectivity index (χ1) is 13.8. The molecule has 0 radical (unpaired) electrons. The van der Waals surface area contributed by atoms with Gasteiger partial charge in [-0.05, 0) is 61.8 Å². The van der Waals surface area contributed by atoms with Crippen LogP contribution >= 0.6 is 0 Å². The summed E-state index contributed by atoms with van der Waals surface area (Å²) >= 11 is 0. The van der Waals surface area contributed by atoms with Crippen molar-refractivity contribution in [1.82, 2.24) is 12.9 Å². The molecule has 0 spiro atoms. The van der Waals surface area contributed by atoms with Crippen molar-refractivity contribution < 1.29 is 16.8 Å².